The molecule has 0 saturated carbocycles. The van der Waals surface area contributed by atoms with E-state index >= 15 is 0 Å². The average Bonchev–Trinajstić information content (AvgIpc) is 2.19. The van der Waals surface area contributed by atoms with Crippen LogP contribution in [-0.4, -0.2) is 62.7 Å². The van der Waals surface area contributed by atoms with E-state index in [-0.39, 0.29) is 0 Å². The highest BCUT2D eigenvalue weighted by molar-refractivity contribution is 4.78. The number of nitrogens with zero attached hydrogens (tertiary/aromatic N) is 2. The lowest BCUT2D eigenvalue weighted by Crippen LogP contribution is -2.51. The van der Waals surface area contributed by atoms with Crippen molar-refractivity contribution < 1.29 is 0 Å². The lowest BCUT2D eigenvalue weighted by atomic mass is 10.1. The Kier molecular flexibility index (Phi) is 5.45. The molecule has 0 amide bonds. The molecule has 0 bridgehead atoms. The second-order valence-corrected chi connectivity index (χ2v) is 4.34. The zero-order valence-electron chi connectivity index (χ0n) is 9.92. The molecule has 1 unspecified atom stereocenters. The van der Waals surface area contributed by atoms with Crippen molar-refractivity contribution in [2.45, 2.75) is 25.8 Å². The third-order valence-corrected chi connectivity index (χ3v) is 3.12. The zero-order chi connectivity index (χ0) is 10.4. The highest BCUT2D eigenvalue weighted by Crippen LogP contribution is 2.09. The Labute approximate surface area is 88.5 Å². The number of hydrogen-bond donors (Lipinski definition) is 1. The molecular weight excluding hydrogens is 174 g/mol. The van der Waals surface area contributed by atoms with Crippen LogP contribution in [0.1, 0.15) is 19.8 Å². The summed E-state index contributed by atoms with van der Waals surface area (Å²) in [6.07, 6.45) is 2.61. The van der Waals surface area contributed by atoms with E-state index < -0.39 is 0 Å². The molecule has 0 spiro atoms. The molecule has 0 radical (unpaired) electrons. The third-order valence-electron chi connectivity index (χ3n) is 3.12. The minimum atomic E-state index is 0.749. The molecule has 1 aliphatic rings. The Bertz CT molecular complexity index is 135. The van der Waals surface area contributed by atoms with Gasteiger partial charge in [0, 0.05) is 38.8 Å². The van der Waals surface area contributed by atoms with Crippen LogP contribution in [0, 0.1) is 0 Å². The highest BCUT2D eigenvalue weighted by Gasteiger charge is 2.20. The molecule has 1 rings (SSSR count). The summed E-state index contributed by atoms with van der Waals surface area (Å²) in [7, 11) is 4.27. The Morgan fingerprint density at radius 2 is 1.86 bits per heavy atom. The van der Waals surface area contributed by atoms with Gasteiger partial charge in [0.25, 0.3) is 0 Å². The molecule has 0 aromatic carbocycles. The predicted octanol–water partition coefficient (Wildman–Crippen LogP) is 0.622. The fraction of sp³-hybridized carbons (Fsp3) is 1.00. The minimum Gasteiger partial charge on any atom is -0.318 e. The molecule has 1 atom stereocenters. The molecule has 0 aliphatic carbocycles. The summed E-state index contributed by atoms with van der Waals surface area (Å²) in [6, 6.07) is 0.749. The average molecular weight is 199 g/mol. The lowest BCUT2D eigenvalue weighted by Gasteiger charge is -2.38. The van der Waals surface area contributed by atoms with E-state index in [4.69, 9.17) is 0 Å². The first-order valence-electron chi connectivity index (χ1n) is 5.85. The molecule has 3 heteroatoms. The van der Waals surface area contributed by atoms with Crippen LogP contribution < -0.4 is 5.32 Å². The van der Waals surface area contributed by atoms with E-state index in [2.05, 4.69) is 36.1 Å². The molecule has 3 nitrogen and oxygen atoms in total. The van der Waals surface area contributed by atoms with Crippen LogP contribution in [0.3, 0.4) is 0 Å². The molecule has 1 fully saturated rings. The maximum Gasteiger partial charge on any atom is 0.0221 e. The summed E-state index contributed by atoms with van der Waals surface area (Å²) < 4.78 is 0. The Morgan fingerprint density at radius 3 is 2.36 bits per heavy atom. The Hall–Kier alpha value is -0.120. The van der Waals surface area contributed by atoms with E-state index in [9.17, 15) is 0 Å². The van der Waals surface area contributed by atoms with Crippen LogP contribution in [0.25, 0.3) is 0 Å². The van der Waals surface area contributed by atoms with E-state index in [1.54, 1.807) is 0 Å². The largest absolute Gasteiger partial charge is 0.318 e. The maximum atomic E-state index is 3.31. The molecule has 14 heavy (non-hydrogen) atoms. The van der Waals surface area contributed by atoms with Gasteiger partial charge in [0.05, 0.1) is 0 Å². The van der Waals surface area contributed by atoms with Gasteiger partial charge in [0.2, 0.25) is 0 Å². The number of likely N-dealkylation sites (N-methyl/N-ethyl adjacent to an activating group) is 2. The lowest BCUT2D eigenvalue weighted by molar-refractivity contribution is 0.106. The van der Waals surface area contributed by atoms with Crippen molar-refractivity contribution in [3.05, 3.63) is 0 Å². The molecule has 0 aromatic rings. The summed E-state index contributed by atoms with van der Waals surface area (Å²) in [6.45, 7) is 8.34. The molecule has 84 valence electrons. The van der Waals surface area contributed by atoms with Crippen LogP contribution in [0.4, 0.5) is 0 Å². The molecular formula is C11H25N3. The summed E-state index contributed by atoms with van der Waals surface area (Å²) in [5, 5.41) is 3.31. The van der Waals surface area contributed by atoms with Gasteiger partial charge in [0.1, 0.15) is 0 Å². The standard InChI is InChI=1S/C11H25N3/c1-4-5-11(10-12-2)14-8-6-13(3)7-9-14/h11-12H,4-10H2,1-3H3. The van der Waals surface area contributed by atoms with Crippen LogP contribution in [0.15, 0.2) is 0 Å². The van der Waals surface area contributed by atoms with Gasteiger partial charge < -0.3 is 10.2 Å². The third kappa shape index (κ3) is 3.56. The summed E-state index contributed by atoms with van der Waals surface area (Å²) in [4.78, 5) is 5.05. The highest BCUT2D eigenvalue weighted by atomic mass is 15.3. The van der Waals surface area contributed by atoms with Crippen molar-refractivity contribution in [1.29, 1.82) is 0 Å². The van der Waals surface area contributed by atoms with Crippen LogP contribution in [0.5, 0.6) is 0 Å². The smallest absolute Gasteiger partial charge is 0.0221 e. The molecule has 0 aromatic heterocycles. The van der Waals surface area contributed by atoms with Crippen molar-refractivity contribution in [2.75, 3.05) is 46.8 Å². The SMILES string of the molecule is CCCC(CNC)N1CCN(C)CC1. The monoisotopic (exact) mass is 199 g/mol. The van der Waals surface area contributed by atoms with Crippen molar-refractivity contribution >= 4 is 0 Å². The number of piperazine rings is 1. The van der Waals surface area contributed by atoms with Crippen molar-refractivity contribution in [2.24, 2.45) is 0 Å². The fourth-order valence-electron chi connectivity index (χ4n) is 2.17. The van der Waals surface area contributed by atoms with Gasteiger partial charge in [-0.3, -0.25) is 4.90 Å². The second-order valence-electron chi connectivity index (χ2n) is 4.34. The van der Waals surface area contributed by atoms with E-state index in [1.165, 1.54) is 39.0 Å². The van der Waals surface area contributed by atoms with E-state index in [1.807, 2.05) is 0 Å². The second kappa shape index (κ2) is 6.38. The van der Waals surface area contributed by atoms with Crippen LogP contribution in [-0.2, 0) is 0 Å². The normalized spacial score (nSPS) is 22.5. The molecule has 1 N–H and O–H groups in total. The van der Waals surface area contributed by atoms with E-state index in [0.29, 0.717) is 0 Å². The minimum absolute atomic E-state index is 0.749. The zero-order valence-corrected chi connectivity index (χ0v) is 9.92. The Balaban J connectivity index is 2.34. The first-order valence-corrected chi connectivity index (χ1v) is 5.85. The molecule has 1 heterocycles. The number of hydrogen-bond acceptors (Lipinski definition) is 3. The van der Waals surface area contributed by atoms with Crippen molar-refractivity contribution in [1.82, 2.24) is 15.1 Å². The van der Waals surface area contributed by atoms with Crippen molar-refractivity contribution in [3.8, 4) is 0 Å². The topological polar surface area (TPSA) is 18.5 Å². The fourth-order valence-corrected chi connectivity index (χ4v) is 2.17. The summed E-state index contributed by atoms with van der Waals surface area (Å²) >= 11 is 0. The van der Waals surface area contributed by atoms with Gasteiger partial charge in [-0.2, -0.15) is 0 Å². The Morgan fingerprint density at radius 1 is 1.21 bits per heavy atom. The van der Waals surface area contributed by atoms with Gasteiger partial charge in [-0.1, -0.05) is 13.3 Å². The first kappa shape index (κ1) is 12.0. The van der Waals surface area contributed by atoms with Gasteiger partial charge >= 0.3 is 0 Å². The first-order chi connectivity index (χ1) is 6.77. The van der Waals surface area contributed by atoms with E-state index in [0.717, 1.165) is 12.6 Å². The predicted molar refractivity (Wildman–Crippen MR) is 61.7 cm³/mol. The van der Waals surface area contributed by atoms with Crippen LogP contribution >= 0.6 is 0 Å². The van der Waals surface area contributed by atoms with Gasteiger partial charge in [0.15, 0.2) is 0 Å². The summed E-state index contributed by atoms with van der Waals surface area (Å²) in [5.41, 5.74) is 0. The van der Waals surface area contributed by atoms with Gasteiger partial charge in [-0.25, -0.2) is 0 Å². The number of rotatable bonds is 5. The summed E-state index contributed by atoms with van der Waals surface area (Å²) in [5.74, 6) is 0. The van der Waals surface area contributed by atoms with Crippen molar-refractivity contribution in [3.63, 3.8) is 0 Å². The molecule has 1 aliphatic heterocycles. The van der Waals surface area contributed by atoms with Crippen LogP contribution in [0.2, 0.25) is 0 Å². The quantitative estimate of drug-likeness (QED) is 0.700. The van der Waals surface area contributed by atoms with Gasteiger partial charge in [-0.15, -0.1) is 0 Å². The number of nitrogens with one attached hydrogen (secondary N) is 1. The maximum absolute atomic E-state index is 3.31. The van der Waals surface area contributed by atoms with Gasteiger partial charge in [-0.05, 0) is 20.5 Å². The molecule has 1 saturated heterocycles.